The highest BCUT2D eigenvalue weighted by molar-refractivity contribution is 5.96. The normalized spacial score (nSPS) is 18.9. The molecule has 1 aliphatic rings. The number of amides is 2. The minimum atomic E-state index is -0.249. The van der Waals surface area contributed by atoms with E-state index in [0.717, 1.165) is 37.1 Å². The van der Waals surface area contributed by atoms with Gasteiger partial charge in [0.1, 0.15) is 6.10 Å². The van der Waals surface area contributed by atoms with E-state index in [1.54, 1.807) is 24.3 Å². The van der Waals surface area contributed by atoms with E-state index in [1.165, 1.54) is 0 Å². The summed E-state index contributed by atoms with van der Waals surface area (Å²) < 4.78 is 5.91. The van der Waals surface area contributed by atoms with Gasteiger partial charge in [-0.1, -0.05) is 18.2 Å². The lowest BCUT2D eigenvalue weighted by molar-refractivity contribution is -0.121. The third-order valence-electron chi connectivity index (χ3n) is 4.72. The van der Waals surface area contributed by atoms with Gasteiger partial charge in [-0.2, -0.15) is 0 Å². The van der Waals surface area contributed by atoms with Crippen LogP contribution in [-0.4, -0.2) is 40.5 Å². The first-order chi connectivity index (χ1) is 13.5. The fraction of sp³-hybridized carbons (Fsp3) is 0.429. The summed E-state index contributed by atoms with van der Waals surface area (Å²) in [6, 6.07) is 11.3. The van der Waals surface area contributed by atoms with Gasteiger partial charge in [-0.25, -0.2) is 9.97 Å². The van der Waals surface area contributed by atoms with Gasteiger partial charge in [-0.15, -0.1) is 0 Å². The van der Waals surface area contributed by atoms with Gasteiger partial charge in [-0.05, 0) is 57.7 Å². The van der Waals surface area contributed by atoms with Crippen molar-refractivity contribution in [3.63, 3.8) is 0 Å². The molecule has 7 heteroatoms. The van der Waals surface area contributed by atoms with Crippen LogP contribution in [0.1, 0.15) is 47.4 Å². The second kappa shape index (κ2) is 9.30. The maximum absolute atomic E-state index is 12.1. The van der Waals surface area contributed by atoms with Crippen LogP contribution in [0.15, 0.2) is 36.4 Å². The summed E-state index contributed by atoms with van der Waals surface area (Å²) in [7, 11) is 0. The molecule has 28 heavy (non-hydrogen) atoms. The van der Waals surface area contributed by atoms with Gasteiger partial charge in [0, 0.05) is 23.0 Å². The molecule has 0 saturated heterocycles. The summed E-state index contributed by atoms with van der Waals surface area (Å²) in [5, 5.41) is 5.64. The first-order valence-corrected chi connectivity index (χ1v) is 9.61. The summed E-state index contributed by atoms with van der Waals surface area (Å²) in [5.74, 6) is -0.424. The molecule has 0 radical (unpaired) electrons. The van der Waals surface area contributed by atoms with Gasteiger partial charge < -0.3 is 15.4 Å². The quantitative estimate of drug-likeness (QED) is 0.800. The van der Waals surface area contributed by atoms with Crippen molar-refractivity contribution in [1.29, 1.82) is 0 Å². The summed E-state index contributed by atoms with van der Waals surface area (Å²) in [6.07, 6.45) is 3.38. The number of nitrogens with zero attached hydrogens (tertiary/aromatic N) is 2. The van der Waals surface area contributed by atoms with Crippen LogP contribution in [0.2, 0.25) is 0 Å². The molecule has 7 nitrogen and oxygen atoms in total. The van der Waals surface area contributed by atoms with Crippen molar-refractivity contribution in [2.24, 2.45) is 0 Å². The summed E-state index contributed by atoms with van der Waals surface area (Å²) in [5.41, 5.74) is 2.32. The van der Waals surface area contributed by atoms with Crippen LogP contribution in [0.5, 0.6) is 6.01 Å². The minimum absolute atomic E-state index is 0.0272. The van der Waals surface area contributed by atoms with Crippen molar-refractivity contribution >= 4 is 11.8 Å². The van der Waals surface area contributed by atoms with Crippen LogP contribution in [-0.2, 0) is 4.79 Å². The average molecular weight is 382 g/mol. The van der Waals surface area contributed by atoms with E-state index in [0.29, 0.717) is 11.6 Å². The van der Waals surface area contributed by atoms with Crippen molar-refractivity contribution in [3.05, 3.63) is 53.3 Å². The van der Waals surface area contributed by atoms with Gasteiger partial charge in [0.15, 0.2) is 0 Å². The van der Waals surface area contributed by atoms with E-state index >= 15 is 0 Å². The van der Waals surface area contributed by atoms with Crippen molar-refractivity contribution in [3.8, 4) is 6.01 Å². The molecule has 1 saturated carbocycles. The number of carbonyl (C=O) groups is 2. The standard InChI is InChI=1S/C21H26N4O3/c1-14-12-15(2)24-21(23-14)28-18-10-8-17(9-11-18)25-19(26)13-22-20(27)16-6-4-3-5-7-16/h3-7,12,17-18H,8-11,13H2,1-2H3,(H,22,27)(H,25,26). The van der Waals surface area contributed by atoms with Crippen LogP contribution >= 0.6 is 0 Å². The lowest BCUT2D eigenvalue weighted by Crippen LogP contribution is -2.44. The molecule has 1 heterocycles. The fourth-order valence-electron chi connectivity index (χ4n) is 3.35. The first kappa shape index (κ1) is 19.8. The number of hydrogen-bond acceptors (Lipinski definition) is 5. The maximum atomic E-state index is 12.1. The molecule has 2 amide bonds. The predicted octanol–water partition coefficient (Wildman–Crippen LogP) is 2.33. The van der Waals surface area contributed by atoms with E-state index in [1.807, 2.05) is 26.0 Å². The lowest BCUT2D eigenvalue weighted by atomic mass is 9.93. The Morgan fingerprint density at radius 1 is 1.04 bits per heavy atom. The smallest absolute Gasteiger partial charge is 0.317 e. The Balaban J connectivity index is 1.39. The minimum Gasteiger partial charge on any atom is -0.460 e. The number of ether oxygens (including phenoxy) is 1. The number of hydrogen-bond donors (Lipinski definition) is 2. The number of rotatable bonds is 6. The SMILES string of the molecule is Cc1cc(C)nc(OC2CCC(NC(=O)CNC(=O)c3ccccc3)CC2)n1. The van der Waals surface area contributed by atoms with E-state index in [9.17, 15) is 9.59 Å². The molecule has 0 spiro atoms. The zero-order valence-electron chi connectivity index (χ0n) is 16.3. The van der Waals surface area contributed by atoms with Gasteiger partial charge in [0.2, 0.25) is 5.91 Å². The van der Waals surface area contributed by atoms with Crippen molar-refractivity contribution in [2.75, 3.05) is 6.54 Å². The first-order valence-electron chi connectivity index (χ1n) is 9.61. The van der Waals surface area contributed by atoms with E-state index < -0.39 is 0 Å². The van der Waals surface area contributed by atoms with Crippen LogP contribution in [0.25, 0.3) is 0 Å². The van der Waals surface area contributed by atoms with Crippen molar-refractivity contribution in [1.82, 2.24) is 20.6 Å². The van der Waals surface area contributed by atoms with Gasteiger partial charge in [-0.3, -0.25) is 9.59 Å². The molecular weight excluding hydrogens is 356 g/mol. The molecule has 0 atom stereocenters. The Morgan fingerprint density at radius 3 is 2.32 bits per heavy atom. The van der Waals surface area contributed by atoms with Gasteiger partial charge in [0.05, 0.1) is 6.54 Å². The molecule has 1 aromatic heterocycles. The van der Waals surface area contributed by atoms with Gasteiger partial charge >= 0.3 is 6.01 Å². The molecule has 2 aromatic rings. The molecule has 1 aromatic carbocycles. The Morgan fingerprint density at radius 2 is 1.68 bits per heavy atom. The number of benzene rings is 1. The number of carbonyl (C=O) groups excluding carboxylic acids is 2. The van der Waals surface area contributed by atoms with Crippen LogP contribution in [0.3, 0.4) is 0 Å². The molecule has 1 aliphatic carbocycles. The molecule has 3 rings (SSSR count). The molecule has 0 bridgehead atoms. The zero-order chi connectivity index (χ0) is 19.9. The van der Waals surface area contributed by atoms with E-state index in [-0.39, 0.29) is 30.5 Å². The van der Waals surface area contributed by atoms with Crippen LogP contribution in [0, 0.1) is 13.8 Å². The Hall–Kier alpha value is -2.96. The predicted molar refractivity (Wildman–Crippen MR) is 105 cm³/mol. The van der Waals surface area contributed by atoms with E-state index in [2.05, 4.69) is 20.6 Å². The summed E-state index contributed by atoms with van der Waals surface area (Å²) in [6.45, 7) is 3.82. The lowest BCUT2D eigenvalue weighted by Gasteiger charge is -2.29. The maximum Gasteiger partial charge on any atom is 0.317 e. The summed E-state index contributed by atoms with van der Waals surface area (Å²) >= 11 is 0. The third-order valence-corrected chi connectivity index (χ3v) is 4.72. The second-order valence-corrected chi connectivity index (χ2v) is 7.14. The highest BCUT2D eigenvalue weighted by Gasteiger charge is 2.24. The Bertz CT molecular complexity index is 797. The number of aryl methyl sites for hydroxylation is 2. The van der Waals surface area contributed by atoms with Crippen molar-refractivity contribution in [2.45, 2.75) is 51.7 Å². The fourth-order valence-corrected chi connectivity index (χ4v) is 3.35. The Labute approximate surface area is 164 Å². The molecule has 2 N–H and O–H groups in total. The highest BCUT2D eigenvalue weighted by atomic mass is 16.5. The topological polar surface area (TPSA) is 93.2 Å². The number of nitrogens with one attached hydrogen (secondary N) is 2. The van der Waals surface area contributed by atoms with Crippen LogP contribution in [0.4, 0.5) is 0 Å². The molecule has 0 unspecified atom stereocenters. The Kier molecular flexibility index (Phi) is 6.57. The monoisotopic (exact) mass is 382 g/mol. The molecule has 0 aliphatic heterocycles. The van der Waals surface area contributed by atoms with Crippen LogP contribution < -0.4 is 15.4 Å². The highest BCUT2D eigenvalue weighted by Crippen LogP contribution is 2.22. The molecule has 1 fully saturated rings. The second-order valence-electron chi connectivity index (χ2n) is 7.14. The molecule has 148 valence electrons. The largest absolute Gasteiger partial charge is 0.460 e. The van der Waals surface area contributed by atoms with E-state index in [4.69, 9.17) is 4.74 Å². The van der Waals surface area contributed by atoms with Gasteiger partial charge in [0.25, 0.3) is 5.91 Å². The third kappa shape index (κ3) is 5.77. The number of aromatic nitrogens is 2. The van der Waals surface area contributed by atoms with Crippen molar-refractivity contribution < 1.29 is 14.3 Å². The molecular formula is C21H26N4O3. The zero-order valence-corrected chi connectivity index (χ0v) is 16.3. The summed E-state index contributed by atoms with van der Waals surface area (Å²) in [4.78, 5) is 32.7. The average Bonchev–Trinajstić information content (AvgIpc) is 2.67.